The minimum atomic E-state index is -0.286. The highest BCUT2D eigenvalue weighted by atomic mass is 16.5. The SMILES string of the molecule is Cc1cc(-c2cc(CC(C)(C)C(C)(C)C)ccc2O[C@H](C)C[C@H](C)Oc2ccc(CC(C)(C)C(C)(C)C)cc2-c2cc(C)cc(N3c4ccccc4Cc4ccccc43)c2O)c(O)c(N2c3ccccc3Cc3ccccc32)c1. The van der Waals surface area contributed by atoms with Gasteiger partial charge in [0.2, 0.25) is 0 Å². The van der Waals surface area contributed by atoms with Crippen LogP contribution in [0.1, 0.15) is 134 Å². The molecule has 6 nitrogen and oxygen atoms in total. The van der Waals surface area contributed by atoms with Crippen molar-refractivity contribution in [3.8, 4) is 45.3 Å². The molecule has 0 amide bonds. The van der Waals surface area contributed by atoms with Gasteiger partial charge in [0, 0.05) is 64.3 Å². The fourth-order valence-electron chi connectivity index (χ4n) is 11.5. The van der Waals surface area contributed by atoms with Crippen molar-refractivity contribution in [1.82, 2.24) is 0 Å². The molecule has 2 atom stereocenters. The lowest BCUT2D eigenvalue weighted by Crippen LogP contribution is -2.31. The third-order valence-corrected chi connectivity index (χ3v) is 18.0. The monoisotopic (exact) mass is 1050 g/mol. The van der Waals surface area contributed by atoms with Crippen molar-refractivity contribution in [1.29, 1.82) is 0 Å². The van der Waals surface area contributed by atoms with E-state index in [2.05, 4.69) is 264 Å². The van der Waals surface area contributed by atoms with Gasteiger partial charge in [-0.3, -0.25) is 0 Å². The summed E-state index contributed by atoms with van der Waals surface area (Å²) in [7, 11) is 0. The molecule has 0 fully saturated rings. The van der Waals surface area contributed by atoms with E-state index >= 15 is 0 Å². The summed E-state index contributed by atoms with van der Waals surface area (Å²) < 4.78 is 14.2. The number of hydrogen-bond acceptors (Lipinski definition) is 6. The average Bonchev–Trinajstić information content (AvgIpc) is 3.47. The number of benzene rings is 8. The molecule has 2 N–H and O–H groups in total. The number of hydrogen-bond donors (Lipinski definition) is 2. The zero-order chi connectivity index (χ0) is 56.3. The van der Waals surface area contributed by atoms with Gasteiger partial charge in [-0.15, -0.1) is 0 Å². The van der Waals surface area contributed by atoms with Crippen LogP contribution in [0.3, 0.4) is 0 Å². The van der Waals surface area contributed by atoms with E-state index in [4.69, 9.17) is 9.47 Å². The summed E-state index contributed by atoms with van der Waals surface area (Å²) in [5.41, 5.74) is 18.2. The van der Waals surface area contributed by atoms with Gasteiger partial charge in [0.1, 0.15) is 23.0 Å². The lowest BCUT2D eigenvalue weighted by Gasteiger charge is -2.39. The Labute approximate surface area is 471 Å². The minimum absolute atomic E-state index is 0.0191. The Morgan fingerprint density at radius 2 is 0.722 bits per heavy atom. The summed E-state index contributed by atoms with van der Waals surface area (Å²) in [6, 6.07) is 55.5. The lowest BCUT2D eigenvalue weighted by molar-refractivity contribution is 0.129. The third kappa shape index (κ3) is 10.9. The van der Waals surface area contributed by atoms with Gasteiger partial charge in [-0.25, -0.2) is 0 Å². The number of aryl methyl sites for hydroxylation is 2. The second kappa shape index (κ2) is 21.0. The Kier molecular flexibility index (Phi) is 14.6. The fourth-order valence-corrected chi connectivity index (χ4v) is 11.5. The molecule has 0 saturated carbocycles. The van der Waals surface area contributed by atoms with Crippen LogP contribution >= 0.6 is 0 Å². The normalized spacial score (nSPS) is 14.2. The van der Waals surface area contributed by atoms with Crippen LogP contribution in [0.25, 0.3) is 22.3 Å². The summed E-state index contributed by atoms with van der Waals surface area (Å²) >= 11 is 0. The van der Waals surface area contributed by atoms with E-state index in [0.29, 0.717) is 17.9 Å². The Morgan fingerprint density at radius 1 is 0.405 bits per heavy atom. The number of phenols is 2. The van der Waals surface area contributed by atoms with E-state index in [1.54, 1.807) is 0 Å². The molecule has 8 aromatic carbocycles. The standard InChI is InChI=1S/C73H82N2O4/c1-46-35-58(68(76)64(37-46)74-60-27-19-15-23-52(60)42-53-24-16-20-28-61(53)74)56-40-50(44-72(11,12)70(5,6)7)31-33-66(56)78-48(3)39-49(4)79-67-34-32-51(45-73(13,14)71(8,9)10)41-57(67)59-36-47(2)38-65(69(59)77)75-62-29-21-17-25-54(62)43-55-26-18-22-30-63(55)75/h15-38,40-41,48-49,76-77H,39,42-45H2,1-14H3/t48-,49+. The second-order valence-corrected chi connectivity index (χ2v) is 26.3. The van der Waals surface area contributed by atoms with Crippen molar-refractivity contribution in [2.24, 2.45) is 21.7 Å². The number of ether oxygens (including phenoxy) is 2. The van der Waals surface area contributed by atoms with Crippen molar-refractivity contribution in [3.63, 3.8) is 0 Å². The van der Waals surface area contributed by atoms with Crippen LogP contribution in [0.5, 0.6) is 23.0 Å². The zero-order valence-electron chi connectivity index (χ0n) is 49.3. The molecule has 2 aliphatic heterocycles. The molecule has 0 aromatic heterocycles. The van der Waals surface area contributed by atoms with Gasteiger partial charge in [0.05, 0.1) is 23.6 Å². The molecule has 8 aromatic rings. The molecule has 79 heavy (non-hydrogen) atoms. The van der Waals surface area contributed by atoms with Crippen LogP contribution in [-0.4, -0.2) is 22.4 Å². The van der Waals surface area contributed by atoms with E-state index in [1.165, 1.54) is 33.4 Å². The van der Waals surface area contributed by atoms with Crippen LogP contribution in [0, 0.1) is 35.5 Å². The van der Waals surface area contributed by atoms with E-state index in [0.717, 1.165) is 93.2 Å². The number of fused-ring (bicyclic) bond motifs is 4. The number of aromatic hydroxyl groups is 2. The Morgan fingerprint density at radius 3 is 1.04 bits per heavy atom. The van der Waals surface area contributed by atoms with E-state index in [9.17, 15) is 10.2 Å². The predicted octanol–water partition coefficient (Wildman–Crippen LogP) is 19.7. The summed E-state index contributed by atoms with van der Waals surface area (Å²) in [4.78, 5) is 4.45. The maximum atomic E-state index is 12.8. The summed E-state index contributed by atoms with van der Waals surface area (Å²) in [5.74, 6) is 1.81. The van der Waals surface area contributed by atoms with Crippen molar-refractivity contribution >= 4 is 34.1 Å². The molecule has 6 heteroatoms. The van der Waals surface area contributed by atoms with Gasteiger partial charge < -0.3 is 29.5 Å². The largest absolute Gasteiger partial charge is 0.505 e. The maximum absolute atomic E-state index is 12.8. The highest BCUT2D eigenvalue weighted by Gasteiger charge is 2.36. The molecular weight excluding hydrogens is 969 g/mol. The first-order valence-corrected chi connectivity index (χ1v) is 28.6. The molecule has 0 unspecified atom stereocenters. The Balaban J connectivity index is 1.01. The van der Waals surface area contributed by atoms with Crippen LogP contribution in [-0.2, 0) is 25.7 Å². The number of para-hydroxylation sites is 4. The summed E-state index contributed by atoms with van der Waals surface area (Å²) in [6.45, 7) is 31.6. The number of nitrogens with zero attached hydrogens (tertiary/aromatic N) is 2. The molecule has 0 bridgehead atoms. The third-order valence-electron chi connectivity index (χ3n) is 18.0. The van der Waals surface area contributed by atoms with E-state index in [1.807, 2.05) is 0 Å². The molecule has 408 valence electrons. The highest BCUT2D eigenvalue weighted by molar-refractivity contribution is 5.93. The minimum Gasteiger partial charge on any atom is -0.505 e. The zero-order valence-corrected chi connectivity index (χ0v) is 49.3. The van der Waals surface area contributed by atoms with Crippen LogP contribution in [0.2, 0.25) is 0 Å². The second-order valence-electron chi connectivity index (χ2n) is 26.3. The van der Waals surface area contributed by atoms with E-state index in [-0.39, 0.29) is 45.4 Å². The predicted molar refractivity (Wildman–Crippen MR) is 330 cm³/mol. The first-order valence-electron chi connectivity index (χ1n) is 28.6. The molecule has 0 spiro atoms. The van der Waals surface area contributed by atoms with Crippen molar-refractivity contribution < 1.29 is 19.7 Å². The van der Waals surface area contributed by atoms with Gasteiger partial charge >= 0.3 is 0 Å². The Hall–Kier alpha value is -7.44. The van der Waals surface area contributed by atoms with Gasteiger partial charge in [0.25, 0.3) is 0 Å². The first-order chi connectivity index (χ1) is 37.4. The smallest absolute Gasteiger partial charge is 0.147 e. The van der Waals surface area contributed by atoms with Gasteiger partial charge in [-0.2, -0.15) is 0 Å². The number of phenolic OH excluding ortho intramolecular Hbond substituents is 2. The number of anilines is 6. The van der Waals surface area contributed by atoms with Crippen molar-refractivity contribution in [2.45, 2.75) is 141 Å². The van der Waals surface area contributed by atoms with Crippen molar-refractivity contribution in [3.05, 3.63) is 202 Å². The molecule has 0 saturated heterocycles. The van der Waals surface area contributed by atoms with Gasteiger partial charge in [-0.1, -0.05) is 154 Å². The molecule has 0 aliphatic carbocycles. The van der Waals surface area contributed by atoms with Gasteiger partial charge in [-0.05, 0) is 180 Å². The summed E-state index contributed by atoms with van der Waals surface area (Å²) in [6.07, 6.45) is 3.34. The Bertz CT molecular complexity index is 3250. The first kappa shape index (κ1) is 54.9. The molecular formula is C73H82N2O4. The quantitative estimate of drug-likeness (QED) is 0.113. The van der Waals surface area contributed by atoms with Crippen LogP contribution in [0.4, 0.5) is 34.1 Å². The fraction of sp³-hybridized carbons (Fsp3) is 0.342. The highest BCUT2D eigenvalue weighted by Crippen LogP contribution is 2.54. The molecule has 2 heterocycles. The maximum Gasteiger partial charge on any atom is 0.147 e. The molecule has 0 radical (unpaired) electrons. The molecule has 10 rings (SSSR count). The van der Waals surface area contributed by atoms with Crippen molar-refractivity contribution in [2.75, 3.05) is 9.80 Å². The van der Waals surface area contributed by atoms with Crippen LogP contribution < -0.4 is 19.3 Å². The lowest BCUT2D eigenvalue weighted by atomic mass is 9.66. The average molecular weight is 1050 g/mol. The topological polar surface area (TPSA) is 65.4 Å². The van der Waals surface area contributed by atoms with E-state index < -0.39 is 0 Å². The summed E-state index contributed by atoms with van der Waals surface area (Å²) in [5, 5.41) is 25.6. The van der Waals surface area contributed by atoms with Crippen LogP contribution in [0.15, 0.2) is 158 Å². The van der Waals surface area contributed by atoms with Gasteiger partial charge in [0.15, 0.2) is 0 Å². The number of rotatable bonds is 14. The molecule has 2 aliphatic rings.